The van der Waals surface area contributed by atoms with E-state index >= 15 is 0 Å². The van der Waals surface area contributed by atoms with E-state index < -0.39 is 0 Å². The number of aromatic nitrogens is 2. The molecule has 17 heavy (non-hydrogen) atoms. The van der Waals surface area contributed by atoms with Crippen LogP contribution < -0.4 is 5.73 Å². The lowest BCUT2D eigenvalue weighted by molar-refractivity contribution is 0.617. The first-order valence-corrected chi connectivity index (χ1v) is 6.82. The van der Waals surface area contributed by atoms with Gasteiger partial charge in [-0.25, -0.2) is 0 Å². The number of hydrogen-bond donors (Lipinski definition) is 1. The largest absolute Gasteiger partial charge is 0.322 e. The summed E-state index contributed by atoms with van der Waals surface area (Å²) < 4.78 is 2.69. The van der Waals surface area contributed by atoms with Crippen LogP contribution in [0.4, 0.5) is 0 Å². The minimum absolute atomic E-state index is 0.0254. The van der Waals surface area contributed by atoms with E-state index in [-0.39, 0.29) is 6.04 Å². The van der Waals surface area contributed by atoms with Crippen molar-refractivity contribution in [3.05, 3.63) is 38.8 Å². The molecule has 0 saturated heterocycles. The normalized spacial score (nSPS) is 12.9. The highest BCUT2D eigenvalue weighted by Crippen LogP contribution is 2.25. The van der Waals surface area contributed by atoms with Crippen molar-refractivity contribution >= 4 is 22.9 Å². The van der Waals surface area contributed by atoms with Gasteiger partial charge in [0.25, 0.3) is 0 Å². The summed E-state index contributed by atoms with van der Waals surface area (Å²) >= 11 is 7.49. The molecule has 0 aliphatic heterocycles. The second kappa shape index (κ2) is 5.21. The number of thiophene rings is 1. The van der Waals surface area contributed by atoms with E-state index in [1.54, 1.807) is 11.3 Å². The van der Waals surface area contributed by atoms with Gasteiger partial charge < -0.3 is 5.73 Å². The summed E-state index contributed by atoms with van der Waals surface area (Å²) in [5, 5.41) is 4.41. The van der Waals surface area contributed by atoms with E-state index in [1.807, 2.05) is 23.9 Å². The van der Waals surface area contributed by atoms with Crippen LogP contribution in [0.2, 0.25) is 4.34 Å². The molecule has 1 unspecified atom stereocenters. The van der Waals surface area contributed by atoms with Gasteiger partial charge in [0.05, 0.1) is 21.8 Å². The molecule has 2 aromatic rings. The Kier molecular flexibility index (Phi) is 3.86. The number of aryl methyl sites for hydroxylation is 2. The maximum atomic E-state index is 6.21. The minimum Gasteiger partial charge on any atom is -0.322 e. The lowest BCUT2D eigenvalue weighted by Crippen LogP contribution is -2.16. The number of nitrogens with two attached hydrogens (primary N) is 1. The van der Waals surface area contributed by atoms with Crippen LogP contribution in [-0.4, -0.2) is 9.78 Å². The van der Waals surface area contributed by atoms with E-state index in [1.165, 1.54) is 4.88 Å². The lowest BCUT2D eigenvalue weighted by atomic mass is 10.1. The highest BCUT2D eigenvalue weighted by Gasteiger charge is 2.14. The Morgan fingerprint density at radius 1 is 1.53 bits per heavy atom. The highest BCUT2D eigenvalue weighted by molar-refractivity contribution is 7.16. The van der Waals surface area contributed by atoms with Crippen molar-refractivity contribution in [2.24, 2.45) is 12.8 Å². The monoisotopic (exact) mass is 269 g/mol. The van der Waals surface area contributed by atoms with Gasteiger partial charge in [0.2, 0.25) is 0 Å². The fourth-order valence-electron chi connectivity index (χ4n) is 1.85. The van der Waals surface area contributed by atoms with Gasteiger partial charge in [0.15, 0.2) is 0 Å². The molecule has 0 bridgehead atoms. The highest BCUT2D eigenvalue weighted by atomic mass is 35.5. The summed E-state index contributed by atoms with van der Waals surface area (Å²) in [7, 11) is 1.94. The summed E-state index contributed by atoms with van der Waals surface area (Å²) in [5.74, 6) is 0. The van der Waals surface area contributed by atoms with Gasteiger partial charge in [-0.15, -0.1) is 11.3 Å². The SMILES string of the molecule is CCc1cc(C(N)Cc2ccc(Cl)s2)n(C)n1. The van der Waals surface area contributed by atoms with Crippen LogP contribution in [0.3, 0.4) is 0 Å². The molecule has 2 rings (SSSR count). The van der Waals surface area contributed by atoms with E-state index in [4.69, 9.17) is 17.3 Å². The van der Waals surface area contributed by atoms with Crippen molar-refractivity contribution in [2.45, 2.75) is 25.8 Å². The number of nitrogens with zero attached hydrogens (tertiary/aromatic N) is 2. The molecule has 3 nitrogen and oxygen atoms in total. The molecule has 0 spiro atoms. The van der Waals surface area contributed by atoms with Crippen LogP contribution in [0.1, 0.15) is 29.2 Å². The molecule has 0 aliphatic carbocycles. The molecule has 2 aromatic heterocycles. The van der Waals surface area contributed by atoms with E-state index in [9.17, 15) is 0 Å². The van der Waals surface area contributed by atoms with Gasteiger partial charge >= 0.3 is 0 Å². The first-order valence-electron chi connectivity index (χ1n) is 5.62. The summed E-state index contributed by atoms with van der Waals surface area (Å²) in [4.78, 5) is 1.21. The van der Waals surface area contributed by atoms with Crippen molar-refractivity contribution < 1.29 is 0 Å². The fourth-order valence-corrected chi connectivity index (χ4v) is 2.99. The molecule has 5 heteroatoms. The minimum atomic E-state index is -0.0254. The molecule has 0 aliphatic rings. The topological polar surface area (TPSA) is 43.8 Å². The molecule has 0 aromatic carbocycles. The van der Waals surface area contributed by atoms with Crippen LogP contribution in [0, 0.1) is 0 Å². The van der Waals surface area contributed by atoms with Gasteiger partial charge in [-0.05, 0) is 24.6 Å². The molecule has 2 N–H and O–H groups in total. The molecule has 1 atom stereocenters. The van der Waals surface area contributed by atoms with Gasteiger partial charge in [-0.2, -0.15) is 5.10 Å². The van der Waals surface area contributed by atoms with Gasteiger partial charge in [-0.1, -0.05) is 18.5 Å². The summed E-state index contributed by atoms with van der Waals surface area (Å²) in [6.45, 7) is 2.09. The van der Waals surface area contributed by atoms with E-state index in [0.717, 1.165) is 28.6 Å². The number of hydrogen-bond acceptors (Lipinski definition) is 3. The number of halogens is 1. The standard InChI is InChI=1S/C12H16ClN3S/c1-3-8-6-11(16(2)15-8)10(14)7-9-4-5-12(13)17-9/h4-6,10H,3,7,14H2,1-2H3. The van der Waals surface area contributed by atoms with E-state index in [0.29, 0.717) is 0 Å². The summed E-state index contributed by atoms with van der Waals surface area (Å²) in [5.41, 5.74) is 8.37. The van der Waals surface area contributed by atoms with Crippen molar-refractivity contribution in [3.8, 4) is 0 Å². The molecule has 0 amide bonds. The zero-order chi connectivity index (χ0) is 12.4. The fraction of sp³-hybridized carbons (Fsp3) is 0.417. The zero-order valence-corrected chi connectivity index (χ0v) is 11.6. The average molecular weight is 270 g/mol. The molecular formula is C12H16ClN3S. The smallest absolute Gasteiger partial charge is 0.0931 e. The van der Waals surface area contributed by atoms with Crippen molar-refractivity contribution in [3.63, 3.8) is 0 Å². The summed E-state index contributed by atoms with van der Waals surface area (Å²) in [6, 6.07) is 6.00. The molecule has 2 heterocycles. The maximum absolute atomic E-state index is 6.21. The predicted molar refractivity (Wildman–Crippen MR) is 72.5 cm³/mol. The van der Waals surface area contributed by atoms with Crippen LogP contribution in [0.5, 0.6) is 0 Å². The Bertz CT molecular complexity index is 504. The Labute approximate surface area is 110 Å². The molecule has 92 valence electrons. The van der Waals surface area contributed by atoms with Crippen LogP contribution in [0.25, 0.3) is 0 Å². The van der Waals surface area contributed by atoms with Crippen molar-refractivity contribution in [1.29, 1.82) is 0 Å². The quantitative estimate of drug-likeness (QED) is 0.927. The zero-order valence-electron chi connectivity index (χ0n) is 9.98. The van der Waals surface area contributed by atoms with Crippen molar-refractivity contribution in [2.75, 3.05) is 0 Å². The summed E-state index contributed by atoms with van der Waals surface area (Å²) in [6.07, 6.45) is 1.74. The Morgan fingerprint density at radius 2 is 2.29 bits per heavy atom. The second-order valence-electron chi connectivity index (χ2n) is 4.05. The third kappa shape index (κ3) is 2.89. The molecule has 0 radical (unpaired) electrons. The first kappa shape index (κ1) is 12.6. The predicted octanol–water partition coefficient (Wildman–Crippen LogP) is 2.94. The lowest BCUT2D eigenvalue weighted by Gasteiger charge is -2.10. The Morgan fingerprint density at radius 3 is 2.82 bits per heavy atom. The third-order valence-corrected chi connectivity index (χ3v) is 4.01. The van der Waals surface area contributed by atoms with Crippen LogP contribution in [0.15, 0.2) is 18.2 Å². The average Bonchev–Trinajstić information content (AvgIpc) is 2.85. The second-order valence-corrected chi connectivity index (χ2v) is 5.85. The van der Waals surface area contributed by atoms with E-state index in [2.05, 4.69) is 18.1 Å². The van der Waals surface area contributed by atoms with Gasteiger partial charge in [0.1, 0.15) is 0 Å². The molecular weight excluding hydrogens is 254 g/mol. The van der Waals surface area contributed by atoms with Crippen LogP contribution >= 0.6 is 22.9 Å². The Balaban J connectivity index is 2.13. The van der Waals surface area contributed by atoms with Crippen LogP contribution in [-0.2, 0) is 19.9 Å². The Hall–Kier alpha value is -0.840. The molecule has 0 fully saturated rings. The first-order chi connectivity index (χ1) is 8.10. The van der Waals surface area contributed by atoms with Crippen molar-refractivity contribution in [1.82, 2.24) is 9.78 Å². The third-order valence-electron chi connectivity index (χ3n) is 2.76. The van der Waals surface area contributed by atoms with Gasteiger partial charge in [-0.3, -0.25) is 4.68 Å². The maximum Gasteiger partial charge on any atom is 0.0931 e. The van der Waals surface area contributed by atoms with Gasteiger partial charge in [0, 0.05) is 18.3 Å². The molecule has 0 saturated carbocycles. The number of rotatable bonds is 4.